The monoisotopic (exact) mass is 323 g/mol. The quantitative estimate of drug-likeness (QED) is 0.505. The molecular weight excluding hydrogens is 306 g/mol. The molecular formula is C10H17N3O5S2. The minimum Gasteiger partial charge on any atom is -0.394 e. The van der Waals surface area contributed by atoms with Crippen LogP contribution in [-0.4, -0.2) is 54.5 Å². The molecule has 1 rings (SSSR count). The Bertz CT molecular complexity index is 565. The number of hydrogen-bond acceptors (Lipinski definition) is 7. The van der Waals surface area contributed by atoms with Crippen LogP contribution < -0.4 is 10.0 Å². The molecule has 0 aliphatic rings. The molecule has 0 unspecified atom stereocenters. The van der Waals surface area contributed by atoms with E-state index >= 15 is 0 Å². The highest BCUT2D eigenvalue weighted by molar-refractivity contribution is 7.92. The van der Waals surface area contributed by atoms with E-state index in [-0.39, 0.29) is 11.6 Å². The van der Waals surface area contributed by atoms with Crippen LogP contribution in [0, 0.1) is 0 Å². The van der Waals surface area contributed by atoms with E-state index in [2.05, 4.69) is 15.0 Å². The largest absolute Gasteiger partial charge is 0.394 e. The van der Waals surface area contributed by atoms with Crippen LogP contribution in [-0.2, 0) is 21.2 Å². The number of carbonyl (C=O) groups excluding carboxylic acids is 1. The maximum Gasteiger partial charge on any atom is 0.231 e. The molecule has 0 fully saturated rings. The van der Waals surface area contributed by atoms with Gasteiger partial charge in [-0.05, 0) is 6.92 Å². The molecule has 0 aliphatic heterocycles. The molecule has 1 amide bonds. The van der Waals surface area contributed by atoms with E-state index in [0.29, 0.717) is 5.69 Å². The van der Waals surface area contributed by atoms with E-state index in [1.165, 1.54) is 6.92 Å². The van der Waals surface area contributed by atoms with Crippen molar-refractivity contribution in [3.8, 4) is 0 Å². The number of nitrogens with zero attached hydrogens (tertiary/aromatic N) is 1. The Morgan fingerprint density at radius 1 is 1.45 bits per heavy atom. The molecule has 8 nitrogen and oxygen atoms in total. The highest BCUT2D eigenvalue weighted by atomic mass is 32.2. The first-order valence-electron chi connectivity index (χ1n) is 5.62. The molecule has 4 N–H and O–H groups in total. The number of carbonyl (C=O) groups is 1. The Morgan fingerprint density at radius 3 is 2.55 bits per heavy atom. The molecule has 0 saturated carbocycles. The summed E-state index contributed by atoms with van der Waals surface area (Å²) < 4.78 is 24.2. The summed E-state index contributed by atoms with van der Waals surface area (Å²) >= 11 is 1.07. The summed E-state index contributed by atoms with van der Waals surface area (Å²) in [6, 6.07) is 0. The van der Waals surface area contributed by atoms with E-state index in [0.717, 1.165) is 17.6 Å². The van der Waals surface area contributed by atoms with E-state index in [1.807, 2.05) is 0 Å². The Labute approximate surface area is 120 Å². The van der Waals surface area contributed by atoms with Crippen molar-refractivity contribution < 1.29 is 23.4 Å². The molecule has 0 spiro atoms. The summed E-state index contributed by atoms with van der Waals surface area (Å²) in [4.78, 5) is 15.7. The van der Waals surface area contributed by atoms with Gasteiger partial charge in [0.15, 0.2) is 5.13 Å². The summed E-state index contributed by atoms with van der Waals surface area (Å²) in [7, 11) is -3.40. The molecule has 114 valence electrons. The van der Waals surface area contributed by atoms with Crippen LogP contribution >= 0.6 is 11.3 Å². The van der Waals surface area contributed by atoms with Gasteiger partial charge in [0.2, 0.25) is 15.9 Å². The number of aliphatic hydroxyl groups is 2. The van der Waals surface area contributed by atoms with Crippen molar-refractivity contribution in [3.63, 3.8) is 0 Å². The summed E-state index contributed by atoms with van der Waals surface area (Å²) in [6.07, 6.45) is 0.937. The number of rotatable bonds is 7. The second-order valence-electron chi connectivity index (χ2n) is 4.62. The van der Waals surface area contributed by atoms with Gasteiger partial charge in [0.05, 0.1) is 37.1 Å². The van der Waals surface area contributed by atoms with E-state index in [4.69, 9.17) is 10.2 Å². The number of aliphatic hydroxyl groups excluding tert-OH is 2. The van der Waals surface area contributed by atoms with Crippen LogP contribution in [0.25, 0.3) is 0 Å². The number of thiazole rings is 1. The number of nitrogens with one attached hydrogen (secondary N) is 2. The third-order valence-electron chi connectivity index (χ3n) is 2.31. The highest BCUT2D eigenvalue weighted by Gasteiger charge is 2.24. The molecule has 0 saturated heterocycles. The van der Waals surface area contributed by atoms with Crippen LogP contribution in [0.5, 0.6) is 0 Å². The lowest BCUT2D eigenvalue weighted by atomic mass is 10.1. The maximum atomic E-state index is 11.7. The average Bonchev–Trinajstić information content (AvgIpc) is 2.73. The summed E-state index contributed by atoms with van der Waals surface area (Å²) in [5, 5.41) is 22.4. The number of hydrogen-bond donors (Lipinski definition) is 4. The van der Waals surface area contributed by atoms with Crippen LogP contribution in [0.1, 0.15) is 12.6 Å². The summed E-state index contributed by atoms with van der Waals surface area (Å²) in [5.74, 6) is -0.424. The number of aromatic nitrogens is 1. The van der Waals surface area contributed by atoms with Gasteiger partial charge in [-0.2, -0.15) is 0 Å². The third kappa shape index (κ3) is 5.41. The predicted molar refractivity (Wildman–Crippen MR) is 75.0 cm³/mol. The zero-order valence-corrected chi connectivity index (χ0v) is 12.7. The number of amides is 1. The fourth-order valence-corrected chi connectivity index (χ4v) is 2.83. The fourth-order valence-electron chi connectivity index (χ4n) is 1.27. The van der Waals surface area contributed by atoms with Gasteiger partial charge in [-0.3, -0.25) is 9.52 Å². The van der Waals surface area contributed by atoms with Crippen molar-refractivity contribution in [3.05, 3.63) is 11.1 Å². The molecule has 20 heavy (non-hydrogen) atoms. The summed E-state index contributed by atoms with van der Waals surface area (Å²) in [5.41, 5.74) is -0.696. The van der Waals surface area contributed by atoms with Crippen LogP contribution in [0.15, 0.2) is 5.38 Å². The zero-order chi connectivity index (χ0) is 15.4. The molecule has 1 aromatic heterocycles. The minimum atomic E-state index is -3.40. The van der Waals surface area contributed by atoms with Crippen molar-refractivity contribution in [2.24, 2.45) is 0 Å². The lowest BCUT2D eigenvalue weighted by Gasteiger charge is -2.25. The maximum absolute atomic E-state index is 11.7. The predicted octanol–water partition coefficient (Wildman–Crippen LogP) is -1.08. The molecule has 0 aromatic carbocycles. The average molecular weight is 323 g/mol. The first-order valence-corrected chi connectivity index (χ1v) is 8.39. The first kappa shape index (κ1) is 16.8. The lowest BCUT2D eigenvalue weighted by Crippen LogP contribution is -2.52. The Hall–Kier alpha value is -1.23. The van der Waals surface area contributed by atoms with Gasteiger partial charge >= 0.3 is 0 Å². The molecule has 0 radical (unpaired) electrons. The van der Waals surface area contributed by atoms with Gasteiger partial charge in [-0.15, -0.1) is 11.3 Å². The number of anilines is 1. The molecule has 0 bridgehead atoms. The van der Waals surface area contributed by atoms with Gasteiger partial charge in [0.25, 0.3) is 0 Å². The van der Waals surface area contributed by atoms with Crippen molar-refractivity contribution >= 4 is 32.4 Å². The van der Waals surface area contributed by atoms with Crippen molar-refractivity contribution in [1.29, 1.82) is 0 Å². The van der Waals surface area contributed by atoms with Crippen molar-refractivity contribution in [1.82, 2.24) is 10.3 Å². The SMILES string of the molecule is CC(CO)(CO)NC(=O)Cc1csc(NS(C)(=O)=O)n1. The van der Waals surface area contributed by atoms with Gasteiger partial charge in [0, 0.05) is 5.38 Å². The minimum absolute atomic E-state index is 0.0719. The topological polar surface area (TPSA) is 129 Å². The molecule has 0 aliphatic carbocycles. The van der Waals surface area contributed by atoms with Crippen LogP contribution in [0.4, 0.5) is 5.13 Å². The van der Waals surface area contributed by atoms with Gasteiger partial charge in [-0.25, -0.2) is 13.4 Å². The first-order chi connectivity index (χ1) is 9.17. The Morgan fingerprint density at radius 2 is 2.05 bits per heavy atom. The molecule has 0 atom stereocenters. The Balaban J connectivity index is 2.63. The second kappa shape index (κ2) is 6.48. The van der Waals surface area contributed by atoms with Crippen molar-refractivity contribution in [2.45, 2.75) is 18.9 Å². The molecule has 10 heteroatoms. The number of sulfonamides is 1. The van der Waals surface area contributed by atoms with Gasteiger partial charge < -0.3 is 15.5 Å². The van der Waals surface area contributed by atoms with Crippen LogP contribution in [0.3, 0.4) is 0 Å². The molecule has 1 aromatic rings. The zero-order valence-electron chi connectivity index (χ0n) is 11.1. The lowest BCUT2D eigenvalue weighted by molar-refractivity contribution is -0.123. The van der Waals surface area contributed by atoms with E-state index in [1.54, 1.807) is 5.38 Å². The van der Waals surface area contributed by atoms with Crippen molar-refractivity contribution in [2.75, 3.05) is 24.2 Å². The Kier molecular flexibility index (Phi) is 5.45. The molecule has 1 heterocycles. The van der Waals surface area contributed by atoms with Crippen LogP contribution in [0.2, 0.25) is 0 Å². The second-order valence-corrected chi connectivity index (χ2v) is 7.23. The fraction of sp³-hybridized carbons (Fsp3) is 0.600. The van der Waals surface area contributed by atoms with Gasteiger partial charge in [0.1, 0.15) is 0 Å². The normalized spacial score (nSPS) is 12.2. The van der Waals surface area contributed by atoms with Gasteiger partial charge in [-0.1, -0.05) is 0 Å². The standard InChI is InChI=1S/C10H17N3O5S2/c1-10(5-14,6-15)12-8(16)3-7-4-19-9(11-7)13-20(2,17)18/h4,14-15H,3,5-6H2,1-2H3,(H,11,13)(H,12,16). The summed E-state index contributed by atoms with van der Waals surface area (Å²) in [6.45, 7) is 0.711. The highest BCUT2D eigenvalue weighted by Crippen LogP contribution is 2.17. The van der Waals surface area contributed by atoms with E-state index in [9.17, 15) is 13.2 Å². The van der Waals surface area contributed by atoms with E-state index < -0.39 is 34.7 Å². The smallest absolute Gasteiger partial charge is 0.231 e. The third-order valence-corrected chi connectivity index (χ3v) is 3.81.